The smallest absolute Gasteiger partial charge is 0.193 e. The first kappa shape index (κ1) is 20.4. The predicted octanol–water partition coefficient (Wildman–Crippen LogP) is 6.98. The van der Waals surface area contributed by atoms with Gasteiger partial charge in [0.2, 0.25) is 0 Å². The van der Waals surface area contributed by atoms with E-state index in [0.717, 1.165) is 30.4 Å². The molecule has 25 heavy (non-hydrogen) atoms. The molecule has 2 nitrogen and oxygen atoms in total. The Morgan fingerprint density at radius 2 is 1.92 bits per heavy atom. The lowest BCUT2D eigenvalue weighted by atomic mass is 9.93. The summed E-state index contributed by atoms with van der Waals surface area (Å²) in [6.45, 7) is 4.02. The number of allylic oxidation sites excluding steroid dienone is 4. The van der Waals surface area contributed by atoms with Crippen LogP contribution >= 0.6 is 34.8 Å². The van der Waals surface area contributed by atoms with Gasteiger partial charge in [0.15, 0.2) is 5.78 Å². The van der Waals surface area contributed by atoms with E-state index in [1.807, 2.05) is 13.0 Å². The molecule has 0 heterocycles. The van der Waals surface area contributed by atoms with Crippen molar-refractivity contribution in [3.05, 3.63) is 49.5 Å². The topological polar surface area (TPSA) is 26.3 Å². The van der Waals surface area contributed by atoms with Crippen LogP contribution in [0.2, 0.25) is 5.02 Å². The molecule has 0 N–H and O–H groups in total. The van der Waals surface area contributed by atoms with Crippen molar-refractivity contribution in [2.75, 3.05) is 7.11 Å². The number of Topliss-reactive ketones (excluding diaryl/α,β-unsaturated/α-hetero) is 1. The van der Waals surface area contributed by atoms with Crippen molar-refractivity contribution in [3.8, 4) is 5.75 Å². The second-order valence-corrected chi connectivity index (χ2v) is 7.56. The first-order valence-corrected chi connectivity index (χ1v) is 9.69. The SMILES string of the molecule is CCCCCCc1cc(Cl)c(C)c(C(=O)C2=CC(Cl)=C(Cl)C2)c1OC. The fraction of sp³-hybridized carbons (Fsp3) is 0.450. The van der Waals surface area contributed by atoms with Gasteiger partial charge < -0.3 is 4.74 Å². The minimum Gasteiger partial charge on any atom is -0.496 e. The van der Waals surface area contributed by atoms with Crippen LogP contribution in [-0.4, -0.2) is 12.9 Å². The molecule has 2 rings (SSSR count). The number of rotatable bonds is 8. The van der Waals surface area contributed by atoms with E-state index in [2.05, 4.69) is 6.92 Å². The lowest BCUT2D eigenvalue weighted by Crippen LogP contribution is -2.10. The van der Waals surface area contributed by atoms with Gasteiger partial charge in [-0.15, -0.1) is 0 Å². The standard InChI is InChI=1S/C20H23Cl3O2/c1-4-5-6-7-8-13-9-15(21)12(2)18(20(13)25-3)19(24)14-10-16(22)17(23)11-14/h9-10H,4-8,11H2,1-3H3. The van der Waals surface area contributed by atoms with E-state index in [4.69, 9.17) is 39.5 Å². The third kappa shape index (κ3) is 4.61. The number of hydrogen-bond donors (Lipinski definition) is 0. The monoisotopic (exact) mass is 400 g/mol. The summed E-state index contributed by atoms with van der Waals surface area (Å²) in [4.78, 5) is 13.1. The summed E-state index contributed by atoms with van der Waals surface area (Å²) in [6.07, 6.45) is 7.38. The van der Waals surface area contributed by atoms with Crippen molar-refractivity contribution in [1.82, 2.24) is 0 Å². The van der Waals surface area contributed by atoms with Crippen LogP contribution in [-0.2, 0) is 6.42 Å². The van der Waals surface area contributed by atoms with E-state index < -0.39 is 0 Å². The fourth-order valence-electron chi connectivity index (χ4n) is 3.05. The Hall–Kier alpha value is -0.960. The largest absolute Gasteiger partial charge is 0.496 e. The Morgan fingerprint density at radius 3 is 2.48 bits per heavy atom. The van der Waals surface area contributed by atoms with E-state index in [-0.39, 0.29) is 5.78 Å². The van der Waals surface area contributed by atoms with Crippen LogP contribution in [0.15, 0.2) is 27.8 Å². The zero-order chi connectivity index (χ0) is 18.6. The Kier molecular flexibility index (Phi) is 7.42. The molecule has 0 amide bonds. The molecule has 136 valence electrons. The molecule has 1 aliphatic rings. The van der Waals surface area contributed by atoms with Crippen molar-refractivity contribution < 1.29 is 9.53 Å². The molecular weight excluding hydrogens is 379 g/mol. The molecule has 0 atom stereocenters. The van der Waals surface area contributed by atoms with E-state index in [9.17, 15) is 4.79 Å². The van der Waals surface area contributed by atoms with Crippen molar-refractivity contribution in [2.45, 2.75) is 52.4 Å². The van der Waals surface area contributed by atoms with Crippen LogP contribution in [0.4, 0.5) is 0 Å². The Balaban J connectivity index is 2.38. The minimum atomic E-state index is -0.125. The molecular formula is C20H23Cl3O2. The zero-order valence-corrected chi connectivity index (χ0v) is 17.1. The highest BCUT2D eigenvalue weighted by molar-refractivity contribution is 6.42. The summed E-state index contributed by atoms with van der Waals surface area (Å²) in [5.74, 6) is 0.490. The summed E-state index contributed by atoms with van der Waals surface area (Å²) in [5.41, 5.74) is 2.78. The molecule has 0 fully saturated rings. The third-order valence-corrected chi connectivity index (χ3v) is 5.64. The summed E-state index contributed by atoms with van der Waals surface area (Å²) in [7, 11) is 1.59. The highest BCUT2D eigenvalue weighted by Gasteiger charge is 2.26. The van der Waals surface area contributed by atoms with Crippen molar-refractivity contribution >= 4 is 40.6 Å². The molecule has 0 bridgehead atoms. The van der Waals surface area contributed by atoms with E-state index in [1.54, 1.807) is 13.2 Å². The number of aryl methyl sites for hydroxylation is 1. The average Bonchev–Trinajstić information content (AvgIpc) is 2.92. The third-order valence-electron chi connectivity index (χ3n) is 4.48. The molecule has 0 saturated carbocycles. The molecule has 0 aromatic heterocycles. The molecule has 0 radical (unpaired) electrons. The average molecular weight is 402 g/mol. The summed E-state index contributed by atoms with van der Waals surface area (Å²) >= 11 is 18.5. The van der Waals surface area contributed by atoms with Crippen LogP contribution in [0, 0.1) is 6.92 Å². The first-order chi connectivity index (χ1) is 11.9. The van der Waals surface area contributed by atoms with Gasteiger partial charge in [0.05, 0.1) is 17.7 Å². The molecule has 5 heteroatoms. The number of ether oxygens (including phenoxy) is 1. The number of carbonyl (C=O) groups is 1. The van der Waals surface area contributed by atoms with Crippen LogP contribution in [0.3, 0.4) is 0 Å². The minimum absolute atomic E-state index is 0.125. The fourth-order valence-corrected chi connectivity index (χ4v) is 3.68. The van der Waals surface area contributed by atoms with Gasteiger partial charge in [0, 0.05) is 22.0 Å². The maximum Gasteiger partial charge on any atom is 0.193 e. The van der Waals surface area contributed by atoms with E-state index >= 15 is 0 Å². The molecule has 1 aromatic rings. The Bertz CT molecular complexity index is 733. The summed E-state index contributed by atoms with van der Waals surface area (Å²) in [5, 5.41) is 1.49. The normalized spacial score (nSPS) is 14.1. The van der Waals surface area contributed by atoms with Gasteiger partial charge in [0.1, 0.15) is 5.75 Å². The molecule has 0 saturated heterocycles. The summed E-state index contributed by atoms with van der Waals surface area (Å²) in [6, 6.07) is 1.92. The van der Waals surface area contributed by atoms with Gasteiger partial charge in [-0.1, -0.05) is 61.0 Å². The second kappa shape index (κ2) is 9.12. The Morgan fingerprint density at radius 1 is 1.20 bits per heavy atom. The maximum absolute atomic E-state index is 13.1. The highest BCUT2D eigenvalue weighted by Crippen LogP contribution is 2.38. The van der Waals surface area contributed by atoms with Gasteiger partial charge >= 0.3 is 0 Å². The molecule has 0 unspecified atom stereocenters. The number of carbonyl (C=O) groups excluding carboxylic acids is 1. The van der Waals surface area contributed by atoms with Crippen LogP contribution < -0.4 is 4.74 Å². The first-order valence-electron chi connectivity index (χ1n) is 8.56. The van der Waals surface area contributed by atoms with Crippen molar-refractivity contribution in [1.29, 1.82) is 0 Å². The van der Waals surface area contributed by atoms with Crippen LogP contribution in [0.5, 0.6) is 5.75 Å². The maximum atomic E-state index is 13.1. The lowest BCUT2D eigenvalue weighted by molar-refractivity contribution is 0.102. The van der Waals surface area contributed by atoms with Crippen LogP contribution in [0.25, 0.3) is 0 Å². The predicted molar refractivity (Wildman–Crippen MR) is 106 cm³/mol. The van der Waals surface area contributed by atoms with Gasteiger partial charge in [-0.2, -0.15) is 0 Å². The van der Waals surface area contributed by atoms with E-state index in [1.165, 1.54) is 12.8 Å². The number of ketones is 1. The van der Waals surface area contributed by atoms with Gasteiger partial charge in [-0.3, -0.25) is 4.79 Å². The van der Waals surface area contributed by atoms with Gasteiger partial charge in [-0.25, -0.2) is 0 Å². The quantitative estimate of drug-likeness (QED) is 0.347. The number of benzene rings is 1. The summed E-state index contributed by atoms with van der Waals surface area (Å²) < 4.78 is 5.62. The van der Waals surface area contributed by atoms with Gasteiger partial charge in [-0.05, 0) is 43.0 Å². The molecule has 0 aliphatic heterocycles. The van der Waals surface area contributed by atoms with E-state index in [0.29, 0.717) is 38.4 Å². The lowest BCUT2D eigenvalue weighted by Gasteiger charge is -2.17. The zero-order valence-electron chi connectivity index (χ0n) is 14.8. The van der Waals surface area contributed by atoms with Crippen molar-refractivity contribution in [3.63, 3.8) is 0 Å². The van der Waals surface area contributed by atoms with Crippen LogP contribution in [0.1, 0.15) is 60.5 Å². The number of halogens is 3. The number of hydrogen-bond acceptors (Lipinski definition) is 2. The molecule has 0 spiro atoms. The second-order valence-electron chi connectivity index (χ2n) is 6.29. The highest BCUT2D eigenvalue weighted by atomic mass is 35.5. The number of methoxy groups -OCH3 is 1. The Labute approximate surface area is 164 Å². The molecule has 1 aliphatic carbocycles. The van der Waals surface area contributed by atoms with Crippen molar-refractivity contribution in [2.24, 2.45) is 0 Å². The van der Waals surface area contributed by atoms with Gasteiger partial charge in [0.25, 0.3) is 0 Å². The molecule has 1 aromatic carbocycles. The number of unbranched alkanes of at least 4 members (excludes halogenated alkanes) is 3.